The molecule has 0 bridgehead atoms. The molecule has 18 heavy (non-hydrogen) atoms. The van der Waals surface area contributed by atoms with Crippen molar-refractivity contribution in [3.05, 3.63) is 30.3 Å². The molecule has 1 radical (unpaired) electrons. The number of aliphatic hydroxyl groups excluding tert-OH is 1. The summed E-state index contributed by atoms with van der Waals surface area (Å²) in [4.78, 5) is 11.0. The van der Waals surface area contributed by atoms with Gasteiger partial charge in [0.2, 0.25) is 5.72 Å². The lowest BCUT2D eigenvalue weighted by atomic mass is 10.1. The fourth-order valence-corrected chi connectivity index (χ4v) is 1.39. The number of carbonyl (C=O) groups excluding carboxylic acids is 1. The molecule has 6 heteroatoms. The summed E-state index contributed by atoms with van der Waals surface area (Å²) in [5.74, 6) is -0.353. The average Bonchev–Trinajstić information content (AvgIpc) is 2.36. The first kappa shape index (κ1) is 14.4. The lowest BCUT2D eigenvalue weighted by Crippen LogP contribution is -2.55. The highest BCUT2D eigenvalue weighted by atomic mass is 16.5. The minimum Gasteiger partial charge on any atom is -0.492 e. The van der Waals surface area contributed by atoms with Crippen LogP contribution in [-0.4, -0.2) is 36.5 Å². The van der Waals surface area contributed by atoms with Crippen LogP contribution in [0.1, 0.15) is 6.42 Å². The first-order valence-electron chi connectivity index (χ1n) is 5.62. The lowest BCUT2D eigenvalue weighted by molar-refractivity contribution is -0.151. The van der Waals surface area contributed by atoms with Crippen LogP contribution in [0.5, 0.6) is 5.75 Å². The topological polar surface area (TPSA) is 104 Å². The Morgan fingerprint density at radius 3 is 2.61 bits per heavy atom. The van der Waals surface area contributed by atoms with Crippen molar-refractivity contribution in [2.45, 2.75) is 12.1 Å². The number of aliphatic hydroxyl groups is 1. The molecule has 1 unspecified atom stereocenters. The quantitative estimate of drug-likeness (QED) is 0.435. The lowest BCUT2D eigenvalue weighted by Gasteiger charge is -2.22. The molecule has 0 aliphatic carbocycles. The Morgan fingerprint density at radius 1 is 1.39 bits per heavy atom. The van der Waals surface area contributed by atoms with E-state index in [9.17, 15) is 9.90 Å². The van der Waals surface area contributed by atoms with Gasteiger partial charge in [0.1, 0.15) is 12.4 Å². The van der Waals surface area contributed by atoms with Gasteiger partial charge in [0.15, 0.2) is 0 Å². The van der Waals surface area contributed by atoms with Crippen LogP contribution in [0.3, 0.4) is 0 Å². The van der Waals surface area contributed by atoms with Crippen LogP contribution in [0.2, 0.25) is 0 Å². The third-order valence-corrected chi connectivity index (χ3v) is 2.39. The van der Waals surface area contributed by atoms with Crippen molar-refractivity contribution in [1.82, 2.24) is 5.32 Å². The Hall–Kier alpha value is -1.63. The number of nitrogens with one attached hydrogen (secondary N) is 1. The molecule has 0 saturated heterocycles. The van der Waals surface area contributed by atoms with E-state index in [1.165, 1.54) is 0 Å². The second kappa shape index (κ2) is 6.95. The van der Waals surface area contributed by atoms with E-state index >= 15 is 0 Å². The molecule has 1 aromatic rings. The van der Waals surface area contributed by atoms with Crippen molar-refractivity contribution < 1.29 is 19.7 Å². The van der Waals surface area contributed by atoms with Crippen LogP contribution < -0.4 is 15.8 Å². The molecule has 0 saturated carbocycles. The number of amides is 1. The summed E-state index contributed by atoms with van der Waals surface area (Å²) in [5.41, 5.74) is 2.84. The molecule has 6 nitrogen and oxygen atoms in total. The number of ether oxygens (including phenoxy) is 1. The van der Waals surface area contributed by atoms with Crippen LogP contribution >= 0.6 is 0 Å². The van der Waals surface area contributed by atoms with Gasteiger partial charge in [0.25, 0.3) is 5.91 Å². The predicted molar refractivity (Wildman–Crippen MR) is 64.3 cm³/mol. The molecule has 1 atom stereocenters. The van der Waals surface area contributed by atoms with E-state index in [0.717, 1.165) is 0 Å². The minimum atomic E-state index is -2.14. The number of nitrogens with two attached hydrogens (primary N) is 1. The molecule has 1 amide bonds. The van der Waals surface area contributed by atoms with Crippen molar-refractivity contribution in [2.75, 3.05) is 19.8 Å². The van der Waals surface area contributed by atoms with Crippen LogP contribution in [0.15, 0.2) is 30.3 Å². The first-order valence-corrected chi connectivity index (χ1v) is 5.62. The van der Waals surface area contributed by atoms with E-state index in [0.29, 0.717) is 5.75 Å². The third-order valence-electron chi connectivity index (χ3n) is 2.39. The molecule has 0 spiro atoms. The van der Waals surface area contributed by atoms with Crippen molar-refractivity contribution in [2.24, 2.45) is 5.73 Å². The predicted octanol–water partition coefficient (Wildman–Crippen LogP) is -0.350. The molecular formula is C12H17N2O4. The maximum atomic E-state index is 11.8. The Bertz CT molecular complexity index is 372. The Balaban J connectivity index is 2.34. The van der Waals surface area contributed by atoms with Crippen LogP contribution in [-0.2, 0) is 9.90 Å². The Labute approximate surface area is 105 Å². The smallest absolute Gasteiger partial charge is 0.268 e. The largest absolute Gasteiger partial charge is 0.492 e. The second-order valence-corrected chi connectivity index (χ2v) is 3.75. The van der Waals surface area contributed by atoms with Gasteiger partial charge in [-0.05, 0) is 12.1 Å². The molecule has 4 N–H and O–H groups in total. The molecule has 0 aliphatic heterocycles. The molecule has 0 aliphatic rings. The number of primary amides is 1. The van der Waals surface area contributed by atoms with Crippen molar-refractivity contribution in [1.29, 1.82) is 0 Å². The summed E-state index contributed by atoms with van der Waals surface area (Å²) in [6.45, 7) is -0.00692. The number of rotatable bonds is 8. The van der Waals surface area contributed by atoms with E-state index in [4.69, 9.17) is 15.6 Å². The zero-order chi connectivity index (χ0) is 13.4. The number of hydrogen-bond donors (Lipinski definition) is 3. The van der Waals surface area contributed by atoms with Crippen molar-refractivity contribution in [3.63, 3.8) is 0 Å². The standard InChI is InChI=1S/C12H17N2O4/c13-11(16)12(17,6-8-15)14-7-9-18-10-4-2-1-3-5-10/h1-5,14-15H,6-9H2,(H2,13,16). The molecule has 1 rings (SSSR count). The highest BCUT2D eigenvalue weighted by molar-refractivity contribution is 5.82. The molecule has 0 aromatic heterocycles. The summed E-state index contributed by atoms with van der Waals surface area (Å²) in [6, 6.07) is 9.09. The zero-order valence-corrected chi connectivity index (χ0v) is 9.96. The summed E-state index contributed by atoms with van der Waals surface area (Å²) in [7, 11) is 0. The van der Waals surface area contributed by atoms with Crippen LogP contribution in [0.25, 0.3) is 0 Å². The van der Waals surface area contributed by atoms with Gasteiger partial charge >= 0.3 is 0 Å². The third kappa shape index (κ3) is 4.33. The van der Waals surface area contributed by atoms with Gasteiger partial charge in [-0.25, -0.2) is 5.11 Å². The molecule has 0 fully saturated rings. The Morgan fingerprint density at radius 2 is 2.06 bits per heavy atom. The molecular weight excluding hydrogens is 236 g/mol. The first-order chi connectivity index (χ1) is 8.58. The van der Waals surface area contributed by atoms with Crippen molar-refractivity contribution >= 4 is 5.91 Å². The second-order valence-electron chi connectivity index (χ2n) is 3.75. The fraction of sp³-hybridized carbons (Fsp3) is 0.417. The maximum Gasteiger partial charge on any atom is 0.268 e. The van der Waals surface area contributed by atoms with E-state index < -0.39 is 18.2 Å². The number of para-hydroxylation sites is 1. The zero-order valence-electron chi connectivity index (χ0n) is 9.96. The summed E-state index contributed by atoms with van der Waals surface area (Å²) >= 11 is 0. The number of benzene rings is 1. The van der Waals surface area contributed by atoms with Gasteiger partial charge < -0.3 is 15.6 Å². The molecule has 1 aromatic carbocycles. The van der Waals surface area contributed by atoms with Crippen molar-refractivity contribution in [3.8, 4) is 5.75 Å². The van der Waals surface area contributed by atoms with Gasteiger partial charge in [-0.1, -0.05) is 18.2 Å². The van der Waals surface area contributed by atoms with E-state index in [1.54, 1.807) is 12.1 Å². The average molecular weight is 253 g/mol. The van der Waals surface area contributed by atoms with E-state index in [-0.39, 0.29) is 19.6 Å². The van der Waals surface area contributed by atoms with Gasteiger partial charge in [-0.15, -0.1) is 0 Å². The fourth-order valence-electron chi connectivity index (χ4n) is 1.39. The van der Waals surface area contributed by atoms with Gasteiger partial charge in [0.05, 0.1) is 0 Å². The van der Waals surface area contributed by atoms with E-state index in [1.807, 2.05) is 18.2 Å². The number of carbonyl (C=O) groups is 1. The van der Waals surface area contributed by atoms with Gasteiger partial charge in [0, 0.05) is 19.6 Å². The van der Waals surface area contributed by atoms with Gasteiger partial charge in [-0.2, -0.15) is 0 Å². The van der Waals surface area contributed by atoms with Gasteiger partial charge in [-0.3, -0.25) is 10.1 Å². The summed E-state index contributed by atoms with van der Waals surface area (Å²) in [6.07, 6.45) is -0.270. The minimum absolute atomic E-state index is 0.168. The number of hydrogen-bond acceptors (Lipinski definition) is 4. The Kier molecular flexibility index (Phi) is 5.57. The maximum absolute atomic E-state index is 11.8. The highest BCUT2D eigenvalue weighted by Gasteiger charge is 2.34. The van der Waals surface area contributed by atoms with Crippen LogP contribution in [0.4, 0.5) is 0 Å². The van der Waals surface area contributed by atoms with E-state index in [2.05, 4.69) is 5.32 Å². The monoisotopic (exact) mass is 253 g/mol. The summed E-state index contributed by atoms with van der Waals surface area (Å²) in [5, 5.41) is 23.0. The highest BCUT2D eigenvalue weighted by Crippen LogP contribution is 2.08. The molecule has 99 valence electrons. The SMILES string of the molecule is NC(=O)C([O])(CCO)NCCOc1ccccc1. The normalized spacial score (nSPS) is 13.9. The summed E-state index contributed by atoms with van der Waals surface area (Å²) < 4.78 is 5.34. The van der Waals surface area contributed by atoms with Crippen LogP contribution in [0, 0.1) is 0 Å². The molecule has 0 heterocycles.